The Bertz CT molecular complexity index is 337. The van der Waals surface area contributed by atoms with Crippen LogP contribution in [-0.4, -0.2) is 17.6 Å². The summed E-state index contributed by atoms with van der Waals surface area (Å²) in [5, 5.41) is 0. The van der Waals surface area contributed by atoms with Gasteiger partial charge in [0.1, 0.15) is 0 Å². The van der Waals surface area contributed by atoms with Crippen molar-refractivity contribution in [3.63, 3.8) is 0 Å². The lowest BCUT2D eigenvalue weighted by atomic mass is 10.1. The van der Waals surface area contributed by atoms with E-state index in [-0.39, 0.29) is 5.97 Å². The molecule has 0 saturated heterocycles. The van der Waals surface area contributed by atoms with Crippen LogP contribution in [0.25, 0.3) is 0 Å². The van der Waals surface area contributed by atoms with Crippen LogP contribution in [0.2, 0.25) is 0 Å². The fraction of sp³-hybridized carbons (Fsp3) is 0.400. The van der Waals surface area contributed by atoms with E-state index in [9.17, 15) is 4.79 Å². The number of pyridine rings is 1. The molecule has 0 spiro atoms. The van der Waals surface area contributed by atoms with Crippen molar-refractivity contribution in [3.8, 4) is 0 Å². The monoisotopic (exact) mass is 194 g/mol. The van der Waals surface area contributed by atoms with Gasteiger partial charge in [0.25, 0.3) is 0 Å². The summed E-state index contributed by atoms with van der Waals surface area (Å²) >= 11 is 0. The summed E-state index contributed by atoms with van der Waals surface area (Å²) in [6.07, 6.45) is 1.66. The van der Waals surface area contributed by atoms with Gasteiger partial charge in [0, 0.05) is 12.7 Å². The molecule has 0 radical (unpaired) electrons. The highest BCUT2D eigenvalue weighted by molar-refractivity contribution is 5.90. The molecule has 0 unspecified atom stereocenters. The average molecular weight is 194 g/mol. The van der Waals surface area contributed by atoms with Gasteiger partial charge in [-0.15, -0.1) is 0 Å². The average Bonchev–Trinajstić information content (AvgIpc) is 2.19. The highest BCUT2D eigenvalue weighted by atomic mass is 16.5. The molecule has 0 aromatic carbocycles. The lowest BCUT2D eigenvalue weighted by Crippen LogP contribution is -2.09. The van der Waals surface area contributed by atoms with Gasteiger partial charge in [-0.25, -0.2) is 4.79 Å². The quantitative estimate of drug-likeness (QED) is 0.730. The van der Waals surface area contributed by atoms with Crippen LogP contribution in [0.5, 0.6) is 0 Å². The first-order chi connectivity index (χ1) is 6.69. The topological polar surface area (TPSA) is 65.2 Å². The van der Waals surface area contributed by atoms with E-state index in [2.05, 4.69) is 4.98 Å². The summed E-state index contributed by atoms with van der Waals surface area (Å²) in [5.74, 6) is -0.340. The maximum absolute atomic E-state index is 11.4. The van der Waals surface area contributed by atoms with E-state index in [0.29, 0.717) is 24.4 Å². The lowest BCUT2D eigenvalue weighted by Gasteiger charge is -2.05. The zero-order chi connectivity index (χ0) is 10.6. The number of ether oxygens (including phenoxy) is 1. The molecule has 76 valence electrons. The summed E-state index contributed by atoms with van der Waals surface area (Å²) < 4.78 is 4.89. The summed E-state index contributed by atoms with van der Waals surface area (Å²) in [6.45, 7) is 4.28. The third kappa shape index (κ3) is 2.29. The van der Waals surface area contributed by atoms with Gasteiger partial charge in [0.2, 0.25) is 0 Å². The van der Waals surface area contributed by atoms with Crippen molar-refractivity contribution in [1.82, 2.24) is 4.98 Å². The van der Waals surface area contributed by atoms with E-state index in [1.165, 1.54) is 0 Å². The summed E-state index contributed by atoms with van der Waals surface area (Å²) in [5.41, 5.74) is 7.45. The summed E-state index contributed by atoms with van der Waals surface area (Å²) in [4.78, 5) is 15.5. The number of carbonyl (C=O) groups excluding carboxylic acids is 1. The number of nitrogens with zero attached hydrogens (tertiary/aromatic N) is 1. The van der Waals surface area contributed by atoms with Gasteiger partial charge in [-0.3, -0.25) is 4.98 Å². The number of nitrogens with two attached hydrogens (primary N) is 1. The van der Waals surface area contributed by atoms with E-state index in [1.807, 2.05) is 0 Å². The molecule has 0 bridgehead atoms. The molecule has 0 fully saturated rings. The van der Waals surface area contributed by atoms with Crippen LogP contribution in [0.3, 0.4) is 0 Å². The zero-order valence-corrected chi connectivity index (χ0v) is 8.41. The van der Waals surface area contributed by atoms with Gasteiger partial charge in [0.05, 0.1) is 17.9 Å². The fourth-order valence-corrected chi connectivity index (χ4v) is 1.10. The first-order valence-electron chi connectivity index (χ1n) is 4.51. The summed E-state index contributed by atoms with van der Waals surface area (Å²) in [6, 6.07) is 1.72. The minimum absolute atomic E-state index is 0.340. The van der Waals surface area contributed by atoms with E-state index in [4.69, 9.17) is 10.5 Å². The molecular formula is C10H14N2O2. The Morgan fingerprint density at radius 1 is 1.64 bits per heavy atom. The van der Waals surface area contributed by atoms with Crippen LogP contribution >= 0.6 is 0 Å². The Morgan fingerprint density at radius 3 is 2.93 bits per heavy atom. The Kier molecular flexibility index (Phi) is 3.59. The Hall–Kier alpha value is -1.42. The molecule has 4 heteroatoms. The third-order valence-corrected chi connectivity index (χ3v) is 1.87. The van der Waals surface area contributed by atoms with Crippen LogP contribution in [0.1, 0.15) is 28.5 Å². The first-order valence-corrected chi connectivity index (χ1v) is 4.51. The SMILES string of the molecule is CCOC(=O)c1cc(CN)cnc1C. The second-order valence-corrected chi connectivity index (χ2v) is 2.90. The van der Waals surface area contributed by atoms with Crippen molar-refractivity contribution < 1.29 is 9.53 Å². The molecule has 2 N–H and O–H groups in total. The van der Waals surface area contributed by atoms with Crippen molar-refractivity contribution >= 4 is 5.97 Å². The fourth-order valence-electron chi connectivity index (χ4n) is 1.10. The Morgan fingerprint density at radius 2 is 2.36 bits per heavy atom. The van der Waals surface area contributed by atoms with E-state index in [1.54, 1.807) is 26.1 Å². The maximum atomic E-state index is 11.4. The van der Waals surface area contributed by atoms with E-state index in [0.717, 1.165) is 5.56 Å². The van der Waals surface area contributed by atoms with Crippen LogP contribution in [-0.2, 0) is 11.3 Å². The summed E-state index contributed by atoms with van der Waals surface area (Å²) in [7, 11) is 0. The molecule has 0 aliphatic heterocycles. The van der Waals surface area contributed by atoms with E-state index >= 15 is 0 Å². The molecule has 1 heterocycles. The van der Waals surface area contributed by atoms with Gasteiger partial charge in [-0.2, -0.15) is 0 Å². The van der Waals surface area contributed by atoms with Crippen molar-refractivity contribution in [2.24, 2.45) is 5.73 Å². The number of carbonyl (C=O) groups is 1. The normalized spacial score (nSPS) is 9.93. The maximum Gasteiger partial charge on any atom is 0.339 e. The minimum atomic E-state index is -0.340. The standard InChI is InChI=1S/C10H14N2O2/c1-3-14-10(13)9-4-8(5-11)6-12-7(9)2/h4,6H,3,5,11H2,1-2H3. The number of aromatic nitrogens is 1. The predicted molar refractivity (Wildman–Crippen MR) is 52.8 cm³/mol. The van der Waals surface area contributed by atoms with Gasteiger partial charge < -0.3 is 10.5 Å². The van der Waals surface area contributed by atoms with Gasteiger partial charge >= 0.3 is 5.97 Å². The molecule has 0 aliphatic carbocycles. The molecule has 1 rings (SSSR count). The molecule has 0 aliphatic rings. The van der Waals surface area contributed by atoms with Crippen LogP contribution in [0.15, 0.2) is 12.3 Å². The van der Waals surface area contributed by atoms with Gasteiger partial charge in [0.15, 0.2) is 0 Å². The van der Waals surface area contributed by atoms with Crippen LogP contribution in [0.4, 0.5) is 0 Å². The van der Waals surface area contributed by atoms with Crippen molar-refractivity contribution in [1.29, 1.82) is 0 Å². The molecule has 1 aromatic heterocycles. The lowest BCUT2D eigenvalue weighted by molar-refractivity contribution is 0.0525. The number of rotatable bonds is 3. The third-order valence-electron chi connectivity index (χ3n) is 1.87. The van der Waals surface area contributed by atoms with Crippen LogP contribution in [0, 0.1) is 6.92 Å². The molecular weight excluding hydrogens is 180 g/mol. The highest BCUT2D eigenvalue weighted by Gasteiger charge is 2.11. The zero-order valence-electron chi connectivity index (χ0n) is 8.41. The predicted octanol–water partition coefficient (Wildman–Crippen LogP) is 1.03. The number of esters is 1. The second-order valence-electron chi connectivity index (χ2n) is 2.90. The largest absolute Gasteiger partial charge is 0.462 e. The van der Waals surface area contributed by atoms with Crippen molar-refractivity contribution in [2.75, 3.05) is 6.61 Å². The highest BCUT2D eigenvalue weighted by Crippen LogP contribution is 2.09. The molecule has 1 aromatic rings. The number of aryl methyl sites for hydroxylation is 1. The second kappa shape index (κ2) is 4.72. The Labute approximate surface area is 83.1 Å². The minimum Gasteiger partial charge on any atom is -0.462 e. The smallest absolute Gasteiger partial charge is 0.339 e. The first kappa shape index (κ1) is 10.7. The molecule has 4 nitrogen and oxygen atoms in total. The Balaban J connectivity index is 2.99. The number of hydrogen-bond donors (Lipinski definition) is 1. The van der Waals surface area contributed by atoms with Gasteiger partial charge in [-0.1, -0.05) is 0 Å². The van der Waals surface area contributed by atoms with Crippen LogP contribution < -0.4 is 5.73 Å². The molecule has 14 heavy (non-hydrogen) atoms. The molecule has 0 saturated carbocycles. The molecule has 0 amide bonds. The van der Waals surface area contributed by atoms with E-state index < -0.39 is 0 Å². The van der Waals surface area contributed by atoms with Crippen molar-refractivity contribution in [2.45, 2.75) is 20.4 Å². The van der Waals surface area contributed by atoms with Gasteiger partial charge in [-0.05, 0) is 25.5 Å². The van der Waals surface area contributed by atoms with Crippen molar-refractivity contribution in [3.05, 3.63) is 29.1 Å². The molecule has 0 atom stereocenters. The number of hydrogen-bond acceptors (Lipinski definition) is 4.